The molecule has 0 bridgehead atoms. The predicted octanol–water partition coefficient (Wildman–Crippen LogP) is 2.83. The second kappa shape index (κ2) is 4.96. The number of hydrogen-bond acceptors (Lipinski definition) is 2. The van der Waals surface area contributed by atoms with Gasteiger partial charge in [-0.2, -0.15) is 0 Å². The van der Waals surface area contributed by atoms with E-state index >= 15 is 0 Å². The van der Waals surface area contributed by atoms with Crippen LogP contribution >= 0.6 is 0 Å². The van der Waals surface area contributed by atoms with Crippen molar-refractivity contribution in [3.63, 3.8) is 0 Å². The summed E-state index contributed by atoms with van der Waals surface area (Å²) in [5.41, 5.74) is -0.483. The van der Waals surface area contributed by atoms with Crippen LogP contribution in [-0.2, 0) is 10.3 Å². The molecule has 0 heterocycles. The first-order valence-electron chi connectivity index (χ1n) is 5.78. The van der Waals surface area contributed by atoms with Gasteiger partial charge in [0.2, 0.25) is 0 Å². The maximum absolute atomic E-state index is 13.9. The Morgan fingerprint density at radius 1 is 1.29 bits per heavy atom. The highest BCUT2D eigenvalue weighted by molar-refractivity contribution is 5.90. The van der Waals surface area contributed by atoms with E-state index in [1.807, 2.05) is 13.8 Å². The summed E-state index contributed by atoms with van der Waals surface area (Å²) in [6.45, 7) is 5.45. The molecular formula is C14H20FNO. The zero-order chi connectivity index (χ0) is 13.2. The SMILES string of the molecule is CC(C)C(=O)C(C)(c1ccccc1F)N(C)C. The second-order valence-corrected chi connectivity index (χ2v) is 4.97. The number of hydrogen-bond donors (Lipinski definition) is 0. The largest absolute Gasteiger partial charge is 0.297 e. The smallest absolute Gasteiger partial charge is 0.159 e. The molecule has 0 aliphatic rings. The molecule has 1 aromatic rings. The highest BCUT2D eigenvalue weighted by Crippen LogP contribution is 2.31. The molecule has 0 aromatic heterocycles. The van der Waals surface area contributed by atoms with Gasteiger partial charge in [-0.15, -0.1) is 0 Å². The number of ketones is 1. The summed E-state index contributed by atoms with van der Waals surface area (Å²) >= 11 is 0. The van der Waals surface area contributed by atoms with Gasteiger partial charge in [-0.05, 0) is 27.1 Å². The van der Waals surface area contributed by atoms with Gasteiger partial charge in [-0.25, -0.2) is 4.39 Å². The van der Waals surface area contributed by atoms with Crippen LogP contribution in [0.5, 0.6) is 0 Å². The molecule has 1 unspecified atom stereocenters. The fraction of sp³-hybridized carbons (Fsp3) is 0.500. The van der Waals surface area contributed by atoms with Crippen LogP contribution in [0.3, 0.4) is 0 Å². The Hall–Kier alpha value is -1.22. The summed E-state index contributed by atoms with van der Waals surface area (Å²) in [5.74, 6) is -0.452. The van der Waals surface area contributed by atoms with Gasteiger partial charge in [0.05, 0.1) is 0 Å². The molecule has 3 heteroatoms. The van der Waals surface area contributed by atoms with E-state index in [1.54, 1.807) is 44.1 Å². The van der Waals surface area contributed by atoms with Gasteiger partial charge in [0.1, 0.15) is 11.4 Å². The molecule has 0 fully saturated rings. The number of benzene rings is 1. The Bertz CT molecular complexity index is 414. The molecule has 0 spiro atoms. The Kier molecular flexibility index (Phi) is 4.04. The van der Waals surface area contributed by atoms with Crippen LogP contribution in [0.25, 0.3) is 0 Å². The number of carbonyl (C=O) groups excluding carboxylic acids is 1. The van der Waals surface area contributed by atoms with Crippen molar-refractivity contribution in [2.75, 3.05) is 14.1 Å². The van der Waals surface area contributed by atoms with E-state index in [0.29, 0.717) is 5.56 Å². The van der Waals surface area contributed by atoms with Crippen molar-refractivity contribution in [2.45, 2.75) is 26.3 Å². The van der Waals surface area contributed by atoms with Crippen LogP contribution < -0.4 is 0 Å². The molecule has 1 aromatic carbocycles. The lowest BCUT2D eigenvalue weighted by atomic mass is 9.81. The third-order valence-corrected chi connectivity index (χ3v) is 3.30. The Morgan fingerprint density at radius 3 is 2.24 bits per heavy atom. The lowest BCUT2D eigenvalue weighted by Gasteiger charge is -2.37. The predicted molar refractivity (Wildman–Crippen MR) is 67.3 cm³/mol. The van der Waals surface area contributed by atoms with E-state index in [1.165, 1.54) is 6.07 Å². The maximum atomic E-state index is 13.9. The third-order valence-electron chi connectivity index (χ3n) is 3.30. The number of nitrogens with zero attached hydrogens (tertiary/aromatic N) is 1. The highest BCUT2D eigenvalue weighted by atomic mass is 19.1. The molecule has 0 aliphatic heterocycles. The quantitative estimate of drug-likeness (QED) is 0.802. The lowest BCUT2D eigenvalue weighted by Crippen LogP contribution is -2.48. The van der Waals surface area contributed by atoms with Gasteiger partial charge in [-0.1, -0.05) is 32.0 Å². The summed E-state index contributed by atoms with van der Waals surface area (Å²) in [4.78, 5) is 14.1. The fourth-order valence-electron chi connectivity index (χ4n) is 2.01. The molecule has 94 valence electrons. The molecular weight excluding hydrogens is 217 g/mol. The van der Waals surface area contributed by atoms with E-state index < -0.39 is 5.54 Å². The Balaban J connectivity index is 3.36. The van der Waals surface area contributed by atoms with Crippen LogP contribution in [0.2, 0.25) is 0 Å². The summed E-state index contributed by atoms with van der Waals surface area (Å²) in [6, 6.07) is 6.46. The number of carbonyl (C=O) groups is 1. The number of likely N-dealkylation sites (N-methyl/N-ethyl adjacent to an activating group) is 1. The van der Waals surface area contributed by atoms with Gasteiger partial charge in [-0.3, -0.25) is 9.69 Å². The van der Waals surface area contributed by atoms with Gasteiger partial charge >= 0.3 is 0 Å². The van der Waals surface area contributed by atoms with Gasteiger partial charge in [0.25, 0.3) is 0 Å². The zero-order valence-electron chi connectivity index (χ0n) is 11.1. The topological polar surface area (TPSA) is 20.3 Å². The van der Waals surface area contributed by atoms with E-state index in [9.17, 15) is 9.18 Å². The molecule has 0 amide bonds. The summed E-state index contributed by atoms with van der Waals surface area (Å²) in [6.07, 6.45) is 0. The van der Waals surface area contributed by atoms with Crippen LogP contribution in [0.4, 0.5) is 4.39 Å². The average molecular weight is 237 g/mol. The standard InChI is InChI=1S/C14H20FNO/c1-10(2)13(17)14(3,16(4)5)11-8-6-7-9-12(11)15/h6-10H,1-5H3. The number of rotatable bonds is 4. The summed E-state index contributed by atoms with van der Waals surface area (Å²) in [7, 11) is 3.60. The molecule has 0 N–H and O–H groups in total. The molecule has 0 radical (unpaired) electrons. The lowest BCUT2D eigenvalue weighted by molar-refractivity contribution is -0.132. The minimum Gasteiger partial charge on any atom is -0.297 e. The fourth-order valence-corrected chi connectivity index (χ4v) is 2.01. The molecule has 1 rings (SSSR count). The minimum absolute atomic E-state index is 0.0209. The molecule has 0 saturated carbocycles. The number of Topliss-reactive ketones (excluding diaryl/α,β-unsaturated/α-hetero) is 1. The molecule has 0 aliphatic carbocycles. The van der Waals surface area contributed by atoms with Gasteiger partial charge < -0.3 is 0 Å². The van der Waals surface area contributed by atoms with Crippen molar-refractivity contribution in [2.24, 2.45) is 5.92 Å². The summed E-state index contributed by atoms with van der Waals surface area (Å²) < 4.78 is 13.9. The third kappa shape index (κ3) is 2.39. The molecule has 1 atom stereocenters. The van der Waals surface area contributed by atoms with E-state index in [4.69, 9.17) is 0 Å². The number of halogens is 1. The first-order chi connectivity index (χ1) is 7.81. The first kappa shape index (κ1) is 13.8. The highest BCUT2D eigenvalue weighted by Gasteiger charge is 2.40. The average Bonchev–Trinajstić information content (AvgIpc) is 2.27. The van der Waals surface area contributed by atoms with Crippen molar-refractivity contribution in [3.8, 4) is 0 Å². The monoisotopic (exact) mass is 237 g/mol. The van der Waals surface area contributed by atoms with Crippen molar-refractivity contribution < 1.29 is 9.18 Å². The first-order valence-corrected chi connectivity index (χ1v) is 5.78. The minimum atomic E-state index is -0.917. The Morgan fingerprint density at radius 2 is 1.82 bits per heavy atom. The van der Waals surface area contributed by atoms with E-state index in [2.05, 4.69) is 0 Å². The van der Waals surface area contributed by atoms with Crippen molar-refractivity contribution in [3.05, 3.63) is 35.6 Å². The van der Waals surface area contributed by atoms with E-state index in [0.717, 1.165) is 0 Å². The van der Waals surface area contributed by atoms with E-state index in [-0.39, 0.29) is 17.5 Å². The van der Waals surface area contributed by atoms with Gasteiger partial charge in [0.15, 0.2) is 5.78 Å². The normalized spacial score (nSPS) is 15.1. The van der Waals surface area contributed by atoms with Crippen molar-refractivity contribution in [1.82, 2.24) is 4.90 Å². The van der Waals surface area contributed by atoms with Crippen molar-refractivity contribution in [1.29, 1.82) is 0 Å². The van der Waals surface area contributed by atoms with Crippen LogP contribution in [0.1, 0.15) is 26.3 Å². The summed E-state index contributed by atoms with van der Waals surface area (Å²) in [5, 5.41) is 0. The second-order valence-electron chi connectivity index (χ2n) is 4.97. The van der Waals surface area contributed by atoms with Crippen LogP contribution in [-0.4, -0.2) is 24.8 Å². The maximum Gasteiger partial charge on any atom is 0.159 e. The van der Waals surface area contributed by atoms with Crippen LogP contribution in [0.15, 0.2) is 24.3 Å². The zero-order valence-corrected chi connectivity index (χ0v) is 11.1. The molecule has 0 saturated heterocycles. The Labute approximate surface area is 102 Å². The molecule has 2 nitrogen and oxygen atoms in total. The van der Waals surface area contributed by atoms with Crippen LogP contribution in [0, 0.1) is 11.7 Å². The van der Waals surface area contributed by atoms with Gasteiger partial charge in [0, 0.05) is 11.5 Å². The van der Waals surface area contributed by atoms with Crippen molar-refractivity contribution >= 4 is 5.78 Å². The molecule has 17 heavy (non-hydrogen) atoms.